The molecule has 3 aromatic rings. The number of benzene rings is 2. The minimum Gasteiger partial charge on any atom is -0.336 e. The molecule has 0 radical (unpaired) electrons. The summed E-state index contributed by atoms with van der Waals surface area (Å²) in [7, 11) is 1.66. The summed E-state index contributed by atoms with van der Waals surface area (Å²) in [5, 5.41) is 3.76. The number of likely N-dealkylation sites (N-methyl/N-ethyl adjacent to an activating group) is 1. The van der Waals surface area contributed by atoms with Crippen LogP contribution in [0.15, 0.2) is 47.6 Å². The Morgan fingerprint density at radius 1 is 1.10 bits per heavy atom. The van der Waals surface area contributed by atoms with Gasteiger partial charge in [0, 0.05) is 19.3 Å². The molecule has 0 saturated carbocycles. The number of hydrogen-bond donors (Lipinski definition) is 1. The zero-order valence-electron chi connectivity index (χ0n) is 18.8. The normalized spacial score (nSPS) is 11.2. The smallest absolute Gasteiger partial charge is 0.243 e. The molecule has 0 saturated heterocycles. The summed E-state index contributed by atoms with van der Waals surface area (Å²) in [5.41, 5.74) is 4.82. The number of para-hydroxylation sites is 3. The molecule has 0 aliphatic heterocycles. The molecule has 1 aromatic heterocycles. The van der Waals surface area contributed by atoms with Crippen molar-refractivity contribution in [2.45, 2.75) is 39.4 Å². The van der Waals surface area contributed by atoms with Crippen molar-refractivity contribution in [2.75, 3.05) is 24.7 Å². The molecular weight excluding hydrogens is 408 g/mol. The van der Waals surface area contributed by atoms with Crippen molar-refractivity contribution < 1.29 is 9.59 Å². The Morgan fingerprint density at radius 3 is 2.45 bits per heavy atom. The van der Waals surface area contributed by atoms with Gasteiger partial charge in [0.1, 0.15) is 0 Å². The Kier molecular flexibility index (Phi) is 7.38. The van der Waals surface area contributed by atoms with Gasteiger partial charge in [-0.1, -0.05) is 55.9 Å². The predicted octanol–water partition coefficient (Wildman–Crippen LogP) is 4.50. The highest BCUT2D eigenvalue weighted by atomic mass is 32.2. The van der Waals surface area contributed by atoms with E-state index in [1.807, 2.05) is 50.2 Å². The van der Waals surface area contributed by atoms with Crippen molar-refractivity contribution in [1.29, 1.82) is 0 Å². The molecule has 7 heteroatoms. The number of carbonyl (C=O) groups excluding carboxylic acids is 2. The second-order valence-corrected chi connectivity index (χ2v) is 9.18. The average Bonchev–Trinajstić information content (AvgIpc) is 3.06. The lowest BCUT2D eigenvalue weighted by Gasteiger charge is -2.18. The van der Waals surface area contributed by atoms with Crippen LogP contribution in [0, 0.1) is 19.8 Å². The first kappa shape index (κ1) is 22.9. The number of rotatable bonds is 8. The summed E-state index contributed by atoms with van der Waals surface area (Å²) in [4.78, 5) is 31.3. The molecule has 31 heavy (non-hydrogen) atoms. The maximum absolute atomic E-state index is 12.7. The van der Waals surface area contributed by atoms with Crippen LogP contribution in [-0.2, 0) is 16.1 Å². The van der Waals surface area contributed by atoms with Gasteiger partial charge in [-0.2, -0.15) is 0 Å². The van der Waals surface area contributed by atoms with E-state index in [9.17, 15) is 9.59 Å². The summed E-state index contributed by atoms with van der Waals surface area (Å²) in [5.74, 6) is 0.383. The molecule has 1 heterocycles. The molecule has 0 aliphatic carbocycles. The number of hydrogen-bond acceptors (Lipinski definition) is 4. The minimum absolute atomic E-state index is 0.00950. The van der Waals surface area contributed by atoms with E-state index in [0.29, 0.717) is 5.92 Å². The van der Waals surface area contributed by atoms with Gasteiger partial charge in [-0.25, -0.2) is 4.98 Å². The van der Waals surface area contributed by atoms with E-state index < -0.39 is 0 Å². The molecule has 1 N–H and O–H groups in total. The van der Waals surface area contributed by atoms with E-state index in [4.69, 9.17) is 4.98 Å². The number of amides is 2. The maximum Gasteiger partial charge on any atom is 0.243 e. The van der Waals surface area contributed by atoms with Crippen molar-refractivity contribution >= 4 is 40.3 Å². The Morgan fingerprint density at radius 2 is 1.77 bits per heavy atom. The molecule has 0 spiro atoms. The van der Waals surface area contributed by atoms with Crippen LogP contribution in [0.2, 0.25) is 0 Å². The number of carbonyl (C=O) groups is 2. The second-order valence-electron chi connectivity index (χ2n) is 8.24. The van der Waals surface area contributed by atoms with Gasteiger partial charge in [-0.05, 0) is 43.0 Å². The van der Waals surface area contributed by atoms with E-state index in [1.54, 1.807) is 7.05 Å². The van der Waals surface area contributed by atoms with Crippen LogP contribution in [-0.4, -0.2) is 45.6 Å². The Labute approximate surface area is 188 Å². The quantitative estimate of drug-likeness (QED) is 0.526. The van der Waals surface area contributed by atoms with Crippen molar-refractivity contribution in [2.24, 2.45) is 5.92 Å². The zero-order valence-corrected chi connectivity index (χ0v) is 19.6. The lowest BCUT2D eigenvalue weighted by atomic mass is 10.1. The van der Waals surface area contributed by atoms with Crippen LogP contribution in [0.5, 0.6) is 0 Å². The first-order valence-corrected chi connectivity index (χ1v) is 11.4. The average molecular weight is 439 g/mol. The van der Waals surface area contributed by atoms with Gasteiger partial charge in [0.25, 0.3) is 0 Å². The Hall–Kier alpha value is -2.80. The number of thioether (sulfide) groups is 1. The van der Waals surface area contributed by atoms with Gasteiger partial charge in [-0.3, -0.25) is 9.59 Å². The lowest BCUT2D eigenvalue weighted by molar-refractivity contribution is -0.131. The predicted molar refractivity (Wildman–Crippen MR) is 127 cm³/mol. The summed E-state index contributed by atoms with van der Waals surface area (Å²) in [6, 6.07) is 13.9. The standard InChI is InChI=1S/C24H30N4O2S/c1-16(2)13-28-20-12-7-6-11-19(20)25-24(28)31-15-22(30)27(5)14-21(29)26-23-17(3)9-8-10-18(23)4/h6-12,16H,13-15H2,1-5H3,(H,26,29). The molecule has 0 unspecified atom stereocenters. The van der Waals surface area contributed by atoms with Crippen molar-refractivity contribution in [3.8, 4) is 0 Å². The third-order valence-electron chi connectivity index (χ3n) is 5.04. The third kappa shape index (κ3) is 5.67. The van der Waals surface area contributed by atoms with Crippen LogP contribution in [0.1, 0.15) is 25.0 Å². The number of imidazole rings is 1. The monoisotopic (exact) mass is 438 g/mol. The Bertz CT molecular complexity index is 1070. The second kappa shape index (κ2) is 10.0. The van der Waals surface area contributed by atoms with E-state index in [-0.39, 0.29) is 24.1 Å². The van der Waals surface area contributed by atoms with E-state index >= 15 is 0 Å². The molecular formula is C24H30N4O2S. The number of aromatic nitrogens is 2. The topological polar surface area (TPSA) is 67.2 Å². The molecule has 2 amide bonds. The van der Waals surface area contributed by atoms with E-state index in [0.717, 1.165) is 39.5 Å². The number of fused-ring (bicyclic) bond motifs is 1. The molecule has 0 atom stereocenters. The number of nitrogens with one attached hydrogen (secondary N) is 1. The van der Waals surface area contributed by atoms with Gasteiger partial charge in [0.05, 0.1) is 23.3 Å². The minimum atomic E-state index is -0.203. The first-order chi connectivity index (χ1) is 14.8. The number of aryl methyl sites for hydroxylation is 2. The maximum atomic E-state index is 12.7. The van der Waals surface area contributed by atoms with E-state index in [1.165, 1.54) is 16.7 Å². The zero-order chi connectivity index (χ0) is 22.5. The fourth-order valence-corrected chi connectivity index (χ4v) is 4.40. The molecule has 2 aromatic carbocycles. The fraction of sp³-hybridized carbons (Fsp3) is 0.375. The fourth-order valence-electron chi connectivity index (χ4n) is 3.44. The van der Waals surface area contributed by atoms with Gasteiger partial charge >= 0.3 is 0 Å². The molecule has 3 rings (SSSR count). The van der Waals surface area contributed by atoms with Gasteiger partial charge in [-0.15, -0.1) is 0 Å². The molecule has 0 fully saturated rings. The highest BCUT2D eigenvalue weighted by molar-refractivity contribution is 7.99. The SMILES string of the molecule is Cc1cccc(C)c1NC(=O)CN(C)C(=O)CSc1nc2ccccc2n1CC(C)C. The van der Waals surface area contributed by atoms with Crippen LogP contribution < -0.4 is 5.32 Å². The van der Waals surface area contributed by atoms with Crippen LogP contribution in [0.25, 0.3) is 11.0 Å². The van der Waals surface area contributed by atoms with Crippen molar-refractivity contribution in [3.05, 3.63) is 53.6 Å². The summed E-state index contributed by atoms with van der Waals surface area (Å²) >= 11 is 1.42. The van der Waals surface area contributed by atoms with Crippen LogP contribution in [0.3, 0.4) is 0 Å². The number of anilines is 1. The number of nitrogens with zero attached hydrogens (tertiary/aromatic N) is 3. The lowest BCUT2D eigenvalue weighted by Crippen LogP contribution is -2.36. The highest BCUT2D eigenvalue weighted by Gasteiger charge is 2.18. The first-order valence-electron chi connectivity index (χ1n) is 10.4. The largest absolute Gasteiger partial charge is 0.336 e. The Balaban J connectivity index is 1.62. The van der Waals surface area contributed by atoms with E-state index in [2.05, 4.69) is 29.8 Å². The van der Waals surface area contributed by atoms with Crippen LogP contribution in [0.4, 0.5) is 5.69 Å². The molecule has 0 aliphatic rings. The molecule has 0 bridgehead atoms. The van der Waals surface area contributed by atoms with Crippen molar-refractivity contribution in [1.82, 2.24) is 14.5 Å². The summed E-state index contributed by atoms with van der Waals surface area (Å²) in [6.45, 7) is 9.09. The highest BCUT2D eigenvalue weighted by Crippen LogP contribution is 2.25. The van der Waals surface area contributed by atoms with Gasteiger partial charge < -0.3 is 14.8 Å². The van der Waals surface area contributed by atoms with Crippen LogP contribution >= 0.6 is 11.8 Å². The third-order valence-corrected chi connectivity index (χ3v) is 6.01. The van der Waals surface area contributed by atoms with Crippen molar-refractivity contribution in [3.63, 3.8) is 0 Å². The van der Waals surface area contributed by atoms with Gasteiger partial charge in [0.2, 0.25) is 11.8 Å². The molecule has 164 valence electrons. The van der Waals surface area contributed by atoms with Gasteiger partial charge in [0.15, 0.2) is 5.16 Å². The summed E-state index contributed by atoms with van der Waals surface area (Å²) < 4.78 is 2.17. The summed E-state index contributed by atoms with van der Waals surface area (Å²) in [6.07, 6.45) is 0. The molecule has 6 nitrogen and oxygen atoms in total.